The van der Waals surface area contributed by atoms with E-state index in [4.69, 9.17) is 0 Å². The Balaban J connectivity index is 1.60. The zero-order valence-electron chi connectivity index (χ0n) is 14.0. The van der Waals surface area contributed by atoms with Crippen molar-refractivity contribution in [3.05, 3.63) is 53.6 Å². The van der Waals surface area contributed by atoms with Gasteiger partial charge in [-0.15, -0.1) is 0 Å². The van der Waals surface area contributed by atoms with Crippen LogP contribution in [-0.2, 0) is 4.79 Å². The van der Waals surface area contributed by atoms with E-state index in [2.05, 4.69) is 15.6 Å². The highest BCUT2D eigenvalue weighted by molar-refractivity contribution is 6.04. The largest absolute Gasteiger partial charge is 0.343 e. The van der Waals surface area contributed by atoms with E-state index in [0.717, 1.165) is 27.8 Å². The molecule has 2 aromatic carbocycles. The highest BCUT2D eigenvalue weighted by Gasteiger charge is 2.31. The summed E-state index contributed by atoms with van der Waals surface area (Å²) in [5.74, 6) is 0.0395. The summed E-state index contributed by atoms with van der Waals surface area (Å²) < 4.78 is 1.54. The Kier molecular flexibility index (Phi) is 3.53. The van der Waals surface area contributed by atoms with Gasteiger partial charge in [-0.3, -0.25) is 9.59 Å². The number of nitrogens with zero attached hydrogens (tertiary/aromatic N) is 2. The molecule has 0 radical (unpaired) electrons. The van der Waals surface area contributed by atoms with E-state index >= 15 is 0 Å². The first-order valence-electron chi connectivity index (χ1n) is 8.17. The van der Waals surface area contributed by atoms with Crippen molar-refractivity contribution in [2.45, 2.75) is 26.3 Å². The van der Waals surface area contributed by atoms with Crippen LogP contribution in [0.15, 0.2) is 42.5 Å². The molecule has 0 saturated heterocycles. The van der Waals surface area contributed by atoms with Crippen LogP contribution in [0, 0.1) is 13.8 Å². The van der Waals surface area contributed by atoms with E-state index in [1.165, 1.54) is 4.57 Å². The Labute approximate surface area is 144 Å². The third kappa shape index (κ3) is 2.76. The van der Waals surface area contributed by atoms with Crippen molar-refractivity contribution in [3.8, 4) is 0 Å². The van der Waals surface area contributed by atoms with Crippen molar-refractivity contribution in [3.63, 3.8) is 0 Å². The molecule has 6 heteroatoms. The first-order chi connectivity index (χ1) is 12.0. The maximum atomic E-state index is 12.6. The number of imidazole rings is 1. The van der Waals surface area contributed by atoms with Crippen LogP contribution in [0.5, 0.6) is 0 Å². The smallest absolute Gasteiger partial charge is 0.247 e. The molecule has 1 aromatic heterocycles. The topological polar surface area (TPSA) is 76.0 Å². The van der Waals surface area contributed by atoms with Gasteiger partial charge in [-0.05, 0) is 49.2 Å². The Morgan fingerprint density at radius 2 is 1.92 bits per heavy atom. The van der Waals surface area contributed by atoms with Gasteiger partial charge >= 0.3 is 0 Å². The van der Waals surface area contributed by atoms with Crippen LogP contribution < -0.4 is 10.6 Å². The predicted octanol–water partition coefficient (Wildman–Crippen LogP) is 3.12. The lowest BCUT2D eigenvalue weighted by Crippen LogP contribution is -2.42. The molecule has 1 unspecified atom stereocenters. The number of carbonyl (C=O) groups is 2. The molecule has 0 saturated carbocycles. The van der Waals surface area contributed by atoms with Crippen molar-refractivity contribution < 1.29 is 9.59 Å². The Bertz CT molecular complexity index is 986. The summed E-state index contributed by atoms with van der Waals surface area (Å²) in [5, 5.41) is 5.97. The Morgan fingerprint density at radius 3 is 2.68 bits per heavy atom. The van der Waals surface area contributed by atoms with Gasteiger partial charge in [0.25, 0.3) is 0 Å². The fourth-order valence-corrected chi connectivity index (χ4v) is 3.28. The molecule has 2 heterocycles. The number of amides is 1. The summed E-state index contributed by atoms with van der Waals surface area (Å²) in [7, 11) is 0. The number of aryl methyl sites for hydroxylation is 2. The Morgan fingerprint density at radius 1 is 1.20 bits per heavy atom. The van der Waals surface area contributed by atoms with Crippen LogP contribution in [-0.4, -0.2) is 27.4 Å². The SMILES string of the molecule is Cc1cc(C)cc(NC(=O)C2CC(=O)n3c(nc4ccccc43)N2)c1. The number of hydrogen-bond acceptors (Lipinski definition) is 4. The molecule has 0 bridgehead atoms. The second-order valence-corrected chi connectivity index (χ2v) is 6.42. The summed E-state index contributed by atoms with van der Waals surface area (Å²) in [6.45, 7) is 3.96. The van der Waals surface area contributed by atoms with Crippen molar-refractivity contribution in [2.24, 2.45) is 0 Å². The van der Waals surface area contributed by atoms with Gasteiger partial charge in [0.1, 0.15) is 6.04 Å². The molecular weight excluding hydrogens is 316 g/mol. The van der Waals surface area contributed by atoms with E-state index in [1.807, 2.05) is 56.3 Å². The quantitative estimate of drug-likeness (QED) is 0.755. The number of para-hydroxylation sites is 2. The number of benzene rings is 2. The number of rotatable bonds is 2. The van der Waals surface area contributed by atoms with Crippen LogP contribution in [0.1, 0.15) is 22.3 Å². The molecule has 3 aromatic rings. The number of anilines is 2. The molecule has 0 spiro atoms. The summed E-state index contributed by atoms with van der Waals surface area (Å²) in [6.07, 6.45) is 0.0873. The van der Waals surface area contributed by atoms with Gasteiger partial charge in [-0.1, -0.05) is 18.2 Å². The van der Waals surface area contributed by atoms with Crippen LogP contribution >= 0.6 is 0 Å². The summed E-state index contributed by atoms with van der Waals surface area (Å²) in [6, 6.07) is 12.6. The standard InChI is InChI=1S/C19H18N4O2/c1-11-7-12(2)9-13(8-11)20-18(25)15-10-17(24)23-16-6-4-3-5-14(16)21-19(23)22-15/h3-9,15H,10H2,1-2H3,(H,20,25)(H,21,22). The minimum atomic E-state index is -0.641. The van der Waals surface area contributed by atoms with Crippen LogP contribution in [0.2, 0.25) is 0 Å². The van der Waals surface area contributed by atoms with Crippen LogP contribution in [0.3, 0.4) is 0 Å². The van der Waals surface area contributed by atoms with Crippen molar-refractivity contribution in [2.75, 3.05) is 10.6 Å². The van der Waals surface area contributed by atoms with Crippen molar-refractivity contribution in [1.29, 1.82) is 0 Å². The zero-order chi connectivity index (χ0) is 17.6. The van der Waals surface area contributed by atoms with E-state index in [-0.39, 0.29) is 18.2 Å². The van der Waals surface area contributed by atoms with Crippen molar-refractivity contribution >= 4 is 34.5 Å². The zero-order valence-corrected chi connectivity index (χ0v) is 14.0. The molecule has 6 nitrogen and oxygen atoms in total. The average molecular weight is 334 g/mol. The van der Waals surface area contributed by atoms with Gasteiger partial charge in [0.2, 0.25) is 17.8 Å². The first-order valence-corrected chi connectivity index (χ1v) is 8.17. The van der Waals surface area contributed by atoms with E-state index in [0.29, 0.717) is 5.95 Å². The van der Waals surface area contributed by atoms with Gasteiger partial charge < -0.3 is 10.6 Å². The normalized spacial score (nSPS) is 16.4. The third-order valence-electron chi connectivity index (χ3n) is 4.30. The number of fused-ring (bicyclic) bond motifs is 3. The van der Waals surface area contributed by atoms with Gasteiger partial charge in [0.15, 0.2) is 0 Å². The summed E-state index contributed by atoms with van der Waals surface area (Å²) in [5.41, 5.74) is 4.36. The van der Waals surface area contributed by atoms with Crippen molar-refractivity contribution in [1.82, 2.24) is 9.55 Å². The average Bonchev–Trinajstić information content (AvgIpc) is 2.92. The second-order valence-electron chi connectivity index (χ2n) is 6.42. The van der Waals surface area contributed by atoms with Gasteiger partial charge in [0, 0.05) is 5.69 Å². The highest BCUT2D eigenvalue weighted by Crippen LogP contribution is 2.25. The monoisotopic (exact) mass is 334 g/mol. The molecule has 25 heavy (non-hydrogen) atoms. The molecule has 126 valence electrons. The van der Waals surface area contributed by atoms with E-state index < -0.39 is 6.04 Å². The molecule has 1 atom stereocenters. The van der Waals surface area contributed by atoms with Gasteiger partial charge in [-0.25, -0.2) is 9.55 Å². The first kappa shape index (κ1) is 15.4. The lowest BCUT2D eigenvalue weighted by Gasteiger charge is -2.24. The molecule has 0 fully saturated rings. The molecular formula is C19H18N4O2. The van der Waals surface area contributed by atoms with Crippen LogP contribution in [0.25, 0.3) is 11.0 Å². The lowest BCUT2D eigenvalue weighted by atomic mass is 10.1. The minimum Gasteiger partial charge on any atom is -0.343 e. The number of aromatic nitrogens is 2. The van der Waals surface area contributed by atoms with E-state index in [9.17, 15) is 9.59 Å². The summed E-state index contributed by atoms with van der Waals surface area (Å²) >= 11 is 0. The minimum absolute atomic E-state index is 0.0873. The van der Waals surface area contributed by atoms with Gasteiger partial charge in [-0.2, -0.15) is 0 Å². The highest BCUT2D eigenvalue weighted by atomic mass is 16.2. The number of nitrogens with one attached hydrogen (secondary N) is 2. The van der Waals surface area contributed by atoms with Gasteiger partial charge in [0.05, 0.1) is 17.5 Å². The fourth-order valence-electron chi connectivity index (χ4n) is 3.28. The molecule has 1 amide bonds. The van der Waals surface area contributed by atoms with Crippen LogP contribution in [0.4, 0.5) is 11.6 Å². The molecule has 1 aliphatic rings. The Hall–Kier alpha value is -3.15. The number of carbonyl (C=O) groups excluding carboxylic acids is 2. The lowest BCUT2D eigenvalue weighted by molar-refractivity contribution is -0.117. The summed E-state index contributed by atoms with van der Waals surface area (Å²) in [4.78, 5) is 29.6. The maximum absolute atomic E-state index is 12.6. The second kappa shape index (κ2) is 5.73. The fraction of sp³-hybridized carbons (Fsp3) is 0.211. The van der Waals surface area contributed by atoms with E-state index in [1.54, 1.807) is 0 Å². The molecule has 2 N–H and O–H groups in total. The maximum Gasteiger partial charge on any atom is 0.247 e. The number of hydrogen-bond donors (Lipinski definition) is 2. The molecule has 4 rings (SSSR count). The predicted molar refractivity (Wildman–Crippen MR) is 96.9 cm³/mol. The molecule has 0 aliphatic carbocycles. The molecule has 1 aliphatic heterocycles. The third-order valence-corrected chi connectivity index (χ3v) is 4.30.